The zero-order valence-electron chi connectivity index (χ0n) is 21.4. The molecule has 0 aromatic heterocycles. The molecular weight excluding hydrogens is 532 g/mol. The number of methoxy groups -OCH3 is 2. The molecule has 2 amide bonds. The zero-order chi connectivity index (χ0) is 27.5. The van der Waals surface area contributed by atoms with Crippen molar-refractivity contribution >= 4 is 52.0 Å². The van der Waals surface area contributed by atoms with Crippen LogP contribution < -0.4 is 4.90 Å². The van der Waals surface area contributed by atoms with Crippen LogP contribution in [0, 0.1) is 0 Å². The van der Waals surface area contributed by atoms with Gasteiger partial charge in [-0.25, -0.2) is 4.79 Å². The van der Waals surface area contributed by atoms with Gasteiger partial charge in [0.05, 0.1) is 31.9 Å². The molecule has 9 heteroatoms. The second-order valence-corrected chi connectivity index (χ2v) is 10.7. The number of hydrogen-bond acceptors (Lipinski definition) is 7. The highest BCUT2D eigenvalue weighted by molar-refractivity contribution is 8.23. The number of esters is 1. The summed E-state index contributed by atoms with van der Waals surface area (Å²) in [7, 11) is 2.61. The third-order valence-electron chi connectivity index (χ3n) is 6.98. The van der Waals surface area contributed by atoms with E-state index in [1.54, 1.807) is 17.0 Å². The lowest BCUT2D eigenvalue weighted by Gasteiger charge is -2.37. The van der Waals surface area contributed by atoms with Crippen molar-refractivity contribution in [3.63, 3.8) is 0 Å². The highest BCUT2D eigenvalue weighted by Crippen LogP contribution is 2.48. The van der Waals surface area contributed by atoms with Crippen LogP contribution in [-0.4, -0.2) is 47.2 Å². The number of para-hydroxylation sites is 1. The molecule has 0 aliphatic carbocycles. The van der Waals surface area contributed by atoms with Crippen LogP contribution in [0.5, 0.6) is 0 Å². The Kier molecular flexibility index (Phi) is 7.81. The van der Waals surface area contributed by atoms with Crippen molar-refractivity contribution in [2.75, 3.05) is 24.9 Å². The number of thiocarbonyl (C=S) groups is 1. The van der Waals surface area contributed by atoms with Crippen molar-refractivity contribution < 1.29 is 23.9 Å². The van der Waals surface area contributed by atoms with Gasteiger partial charge in [0.1, 0.15) is 4.32 Å². The van der Waals surface area contributed by atoms with E-state index in [2.05, 4.69) is 0 Å². The summed E-state index contributed by atoms with van der Waals surface area (Å²) in [4.78, 5) is 43.8. The van der Waals surface area contributed by atoms with Gasteiger partial charge in [0.15, 0.2) is 0 Å². The molecule has 1 saturated heterocycles. The number of thioether (sulfide) groups is 1. The third kappa shape index (κ3) is 4.95. The predicted octanol–water partition coefficient (Wildman–Crippen LogP) is 5.80. The average Bonchev–Trinajstić information content (AvgIpc) is 3.38. The van der Waals surface area contributed by atoms with E-state index < -0.39 is 23.9 Å². The van der Waals surface area contributed by atoms with Crippen molar-refractivity contribution in [3.05, 3.63) is 113 Å². The number of hydrogen-bond donors (Lipinski definition) is 0. The number of benzene rings is 3. The predicted molar refractivity (Wildman–Crippen MR) is 154 cm³/mol. The molecule has 2 heterocycles. The fourth-order valence-corrected chi connectivity index (χ4v) is 6.59. The first-order valence-corrected chi connectivity index (χ1v) is 13.7. The molecule has 3 atom stereocenters. The smallest absolute Gasteiger partial charge is 0.418 e. The minimum Gasteiger partial charge on any atom is -0.469 e. The maximum atomic E-state index is 14.5. The molecule has 1 fully saturated rings. The summed E-state index contributed by atoms with van der Waals surface area (Å²) in [6.45, 7) is 0. The maximum Gasteiger partial charge on any atom is 0.418 e. The molecule has 3 aromatic carbocycles. The first-order valence-electron chi connectivity index (χ1n) is 12.3. The Morgan fingerprint density at radius 3 is 2.21 bits per heavy atom. The van der Waals surface area contributed by atoms with E-state index in [4.69, 9.17) is 21.7 Å². The van der Waals surface area contributed by atoms with Crippen LogP contribution in [0.2, 0.25) is 0 Å². The topological polar surface area (TPSA) is 76.2 Å². The van der Waals surface area contributed by atoms with Gasteiger partial charge in [-0.3, -0.25) is 19.4 Å². The van der Waals surface area contributed by atoms with Crippen LogP contribution in [0.25, 0.3) is 0 Å². The lowest BCUT2D eigenvalue weighted by molar-refractivity contribution is -0.142. The highest BCUT2D eigenvalue weighted by atomic mass is 32.2. The van der Waals surface area contributed by atoms with E-state index in [-0.39, 0.29) is 17.5 Å². The van der Waals surface area contributed by atoms with E-state index in [0.29, 0.717) is 26.9 Å². The molecule has 3 aromatic rings. The summed E-state index contributed by atoms with van der Waals surface area (Å²) in [5.74, 6) is -1.88. The molecule has 198 valence electrons. The number of carbonyl (C=O) groups is 3. The Balaban J connectivity index is 1.70. The lowest BCUT2D eigenvalue weighted by Crippen LogP contribution is -2.41. The Labute approximate surface area is 236 Å². The minimum atomic E-state index is -0.855. The third-order valence-corrected chi connectivity index (χ3v) is 8.45. The van der Waals surface area contributed by atoms with Gasteiger partial charge in [0.25, 0.3) is 5.91 Å². The van der Waals surface area contributed by atoms with E-state index in [9.17, 15) is 14.4 Å². The fraction of sp³-hybridized carbons (Fsp3) is 0.200. The van der Waals surface area contributed by atoms with Gasteiger partial charge < -0.3 is 9.47 Å². The second-order valence-electron chi connectivity index (χ2n) is 9.05. The summed E-state index contributed by atoms with van der Waals surface area (Å²) in [5, 5.41) is 0. The Hall–Kier alpha value is -3.95. The summed E-state index contributed by atoms with van der Waals surface area (Å²) < 4.78 is 10.8. The first kappa shape index (κ1) is 26.6. The molecule has 0 bridgehead atoms. The number of anilines is 1. The normalized spacial score (nSPS) is 19.1. The minimum absolute atomic E-state index is 0.240. The van der Waals surface area contributed by atoms with Crippen molar-refractivity contribution in [3.8, 4) is 0 Å². The van der Waals surface area contributed by atoms with E-state index in [0.717, 1.165) is 5.56 Å². The standard InChI is InChI=1S/C30H26N2O5S2/c1-36-28(34)25(20-13-7-4-8-14-20)26-21-15-9-10-16-23(21)31(29(35)37-2)17-22(26)27(33)32-24(18-39-30(32)38)19-11-5-3-6-12-19/h3-17,24-26H,18H2,1-2H3/t24-,25?,26-/m1/s1. The number of fused-ring (bicyclic) bond motifs is 1. The van der Waals surface area contributed by atoms with E-state index >= 15 is 0 Å². The summed E-state index contributed by atoms with van der Waals surface area (Å²) in [6, 6.07) is 25.8. The molecule has 0 spiro atoms. The van der Waals surface area contributed by atoms with Gasteiger partial charge in [-0.2, -0.15) is 0 Å². The molecule has 0 saturated carbocycles. The van der Waals surface area contributed by atoms with E-state index in [1.165, 1.54) is 37.1 Å². The van der Waals surface area contributed by atoms with Crippen molar-refractivity contribution in [2.45, 2.75) is 17.9 Å². The Morgan fingerprint density at radius 1 is 0.897 bits per heavy atom. The first-order chi connectivity index (χ1) is 19.0. The van der Waals surface area contributed by atoms with Crippen LogP contribution in [0.4, 0.5) is 10.5 Å². The fourth-order valence-electron chi connectivity index (χ4n) is 5.18. The average molecular weight is 559 g/mol. The van der Waals surface area contributed by atoms with Crippen LogP contribution in [0.15, 0.2) is 96.7 Å². The number of ether oxygens (including phenoxy) is 2. The zero-order valence-corrected chi connectivity index (χ0v) is 23.0. The summed E-state index contributed by atoms with van der Waals surface area (Å²) >= 11 is 7.09. The SMILES string of the molecule is COC(=O)C(c1ccccc1)[C@H]1C(C(=O)N2C(=S)SC[C@@H]2c2ccccc2)=CN(C(=O)OC)c2ccccc21. The molecule has 2 aliphatic rings. The molecule has 5 rings (SSSR count). The number of carbonyl (C=O) groups excluding carboxylic acids is 3. The quantitative estimate of drug-likeness (QED) is 0.289. The molecular formula is C30H26N2O5S2. The number of amides is 2. The van der Waals surface area contributed by atoms with Gasteiger partial charge in [-0.15, -0.1) is 0 Å². The van der Waals surface area contributed by atoms with Gasteiger partial charge in [-0.1, -0.05) is 103 Å². The van der Waals surface area contributed by atoms with Crippen LogP contribution in [0.3, 0.4) is 0 Å². The maximum absolute atomic E-state index is 14.5. The Bertz CT molecular complexity index is 1440. The van der Waals surface area contributed by atoms with Crippen LogP contribution >= 0.6 is 24.0 Å². The van der Waals surface area contributed by atoms with Gasteiger partial charge in [0.2, 0.25) is 0 Å². The van der Waals surface area contributed by atoms with Crippen molar-refractivity contribution in [2.24, 2.45) is 0 Å². The Morgan fingerprint density at radius 2 is 1.54 bits per heavy atom. The van der Waals surface area contributed by atoms with Crippen molar-refractivity contribution in [1.29, 1.82) is 0 Å². The van der Waals surface area contributed by atoms with Gasteiger partial charge in [-0.05, 0) is 22.8 Å². The van der Waals surface area contributed by atoms with Crippen LogP contribution in [-0.2, 0) is 19.1 Å². The van der Waals surface area contributed by atoms with Crippen LogP contribution in [0.1, 0.15) is 34.6 Å². The number of nitrogens with zero attached hydrogens (tertiary/aromatic N) is 2. The van der Waals surface area contributed by atoms with Crippen molar-refractivity contribution in [1.82, 2.24) is 4.90 Å². The van der Waals surface area contributed by atoms with Gasteiger partial charge in [0, 0.05) is 23.4 Å². The monoisotopic (exact) mass is 558 g/mol. The summed E-state index contributed by atoms with van der Waals surface area (Å²) in [6.07, 6.45) is 0.826. The van der Waals surface area contributed by atoms with Gasteiger partial charge >= 0.3 is 12.1 Å². The molecule has 2 aliphatic heterocycles. The molecule has 1 unspecified atom stereocenters. The second kappa shape index (κ2) is 11.4. The number of rotatable bonds is 5. The lowest BCUT2D eigenvalue weighted by atomic mass is 9.74. The largest absolute Gasteiger partial charge is 0.469 e. The molecule has 0 N–H and O–H groups in total. The molecule has 7 nitrogen and oxygen atoms in total. The van der Waals surface area contributed by atoms with E-state index in [1.807, 2.05) is 72.8 Å². The highest BCUT2D eigenvalue weighted by Gasteiger charge is 2.46. The summed E-state index contributed by atoms with van der Waals surface area (Å²) in [5.41, 5.74) is 3.02. The molecule has 0 radical (unpaired) electrons. The molecule has 39 heavy (non-hydrogen) atoms.